The fourth-order valence-electron chi connectivity index (χ4n) is 2.45. The second kappa shape index (κ2) is 5.97. The van der Waals surface area contributed by atoms with Crippen LogP contribution in [0.2, 0.25) is 0 Å². The number of rotatable bonds is 4. The fourth-order valence-corrected chi connectivity index (χ4v) is 3.55. The summed E-state index contributed by atoms with van der Waals surface area (Å²) in [7, 11) is -3.80. The summed E-state index contributed by atoms with van der Waals surface area (Å²) in [6.07, 6.45) is 0.163. The van der Waals surface area contributed by atoms with Crippen LogP contribution in [0.1, 0.15) is 12.5 Å². The number of sulfonamides is 1. The van der Waals surface area contributed by atoms with Gasteiger partial charge in [0, 0.05) is 18.3 Å². The van der Waals surface area contributed by atoms with Crippen LogP contribution in [0, 0.1) is 0 Å². The van der Waals surface area contributed by atoms with Crippen molar-refractivity contribution >= 4 is 38.9 Å². The Balaban J connectivity index is 1.86. The van der Waals surface area contributed by atoms with Crippen molar-refractivity contribution in [3.05, 3.63) is 48.0 Å². The van der Waals surface area contributed by atoms with Crippen molar-refractivity contribution in [2.45, 2.75) is 18.2 Å². The van der Waals surface area contributed by atoms with Crippen LogP contribution in [-0.2, 0) is 26.0 Å². The lowest BCUT2D eigenvalue weighted by molar-refractivity contribution is -0.115. The van der Waals surface area contributed by atoms with Crippen molar-refractivity contribution in [3.63, 3.8) is 0 Å². The van der Waals surface area contributed by atoms with Gasteiger partial charge >= 0.3 is 0 Å². The maximum Gasteiger partial charge on any atom is 0.261 e. The molecule has 0 atom stereocenters. The molecular weight excluding hydrogens is 330 g/mol. The van der Waals surface area contributed by atoms with Gasteiger partial charge < -0.3 is 10.6 Å². The number of nitrogens with one attached hydrogen (secondary N) is 3. The molecule has 8 heteroatoms. The van der Waals surface area contributed by atoms with E-state index in [2.05, 4.69) is 15.4 Å². The summed E-state index contributed by atoms with van der Waals surface area (Å²) >= 11 is 0. The van der Waals surface area contributed by atoms with Crippen LogP contribution in [0.4, 0.5) is 17.1 Å². The van der Waals surface area contributed by atoms with E-state index in [1.54, 1.807) is 24.3 Å². The van der Waals surface area contributed by atoms with E-state index in [1.807, 2.05) is 0 Å². The van der Waals surface area contributed by atoms with Crippen molar-refractivity contribution in [3.8, 4) is 0 Å². The second-order valence-electron chi connectivity index (χ2n) is 5.41. The van der Waals surface area contributed by atoms with Crippen LogP contribution in [0.25, 0.3) is 0 Å². The minimum absolute atomic E-state index is 0.0719. The van der Waals surface area contributed by atoms with Crippen LogP contribution >= 0.6 is 0 Å². The van der Waals surface area contributed by atoms with E-state index >= 15 is 0 Å². The molecule has 0 saturated carbocycles. The van der Waals surface area contributed by atoms with Gasteiger partial charge in [0.2, 0.25) is 11.8 Å². The summed E-state index contributed by atoms with van der Waals surface area (Å²) < 4.78 is 27.5. The lowest BCUT2D eigenvalue weighted by atomic mass is 10.2. The molecule has 0 fully saturated rings. The summed E-state index contributed by atoms with van der Waals surface area (Å²) in [6.45, 7) is 1.37. The monoisotopic (exact) mass is 345 g/mol. The molecule has 1 aliphatic heterocycles. The van der Waals surface area contributed by atoms with Crippen LogP contribution in [0.15, 0.2) is 47.4 Å². The van der Waals surface area contributed by atoms with Crippen molar-refractivity contribution in [2.75, 3.05) is 15.4 Å². The number of hydrogen-bond acceptors (Lipinski definition) is 4. The predicted molar refractivity (Wildman–Crippen MR) is 90.3 cm³/mol. The molecule has 2 amide bonds. The van der Waals surface area contributed by atoms with Gasteiger partial charge in [-0.05, 0) is 42.0 Å². The molecule has 0 radical (unpaired) electrons. The van der Waals surface area contributed by atoms with Gasteiger partial charge in [-0.15, -0.1) is 0 Å². The Morgan fingerprint density at radius 3 is 2.62 bits per heavy atom. The molecule has 24 heavy (non-hydrogen) atoms. The molecule has 0 saturated heterocycles. The number of carbonyl (C=O) groups is 2. The molecule has 1 heterocycles. The van der Waals surface area contributed by atoms with Crippen LogP contribution in [0.3, 0.4) is 0 Å². The lowest BCUT2D eigenvalue weighted by Crippen LogP contribution is -2.13. The van der Waals surface area contributed by atoms with E-state index in [0.717, 1.165) is 0 Å². The molecule has 124 valence electrons. The Morgan fingerprint density at radius 1 is 1.12 bits per heavy atom. The third-order valence-corrected chi connectivity index (χ3v) is 4.83. The van der Waals surface area contributed by atoms with Crippen molar-refractivity contribution in [1.29, 1.82) is 0 Å². The average Bonchev–Trinajstić information content (AvgIpc) is 2.85. The van der Waals surface area contributed by atoms with Gasteiger partial charge in [-0.1, -0.05) is 6.07 Å². The molecule has 2 aromatic rings. The van der Waals surface area contributed by atoms with Crippen molar-refractivity contribution < 1.29 is 18.0 Å². The highest BCUT2D eigenvalue weighted by molar-refractivity contribution is 7.92. The highest BCUT2D eigenvalue weighted by Crippen LogP contribution is 2.27. The Hall–Kier alpha value is -2.87. The molecular formula is C16H15N3O4S. The van der Waals surface area contributed by atoms with Gasteiger partial charge in [-0.25, -0.2) is 8.42 Å². The molecule has 0 aliphatic carbocycles. The normalized spacial score (nSPS) is 13.1. The second-order valence-corrected chi connectivity index (χ2v) is 7.09. The van der Waals surface area contributed by atoms with E-state index in [9.17, 15) is 18.0 Å². The smallest absolute Gasteiger partial charge is 0.261 e. The Bertz CT molecular complexity index is 938. The lowest BCUT2D eigenvalue weighted by Gasteiger charge is -2.10. The first-order valence-electron chi connectivity index (χ1n) is 7.17. The molecule has 0 bridgehead atoms. The molecule has 2 aromatic carbocycles. The number of carbonyl (C=O) groups excluding carboxylic acids is 2. The van der Waals surface area contributed by atoms with Gasteiger partial charge in [0.25, 0.3) is 10.0 Å². The first kappa shape index (κ1) is 16.0. The molecule has 3 N–H and O–H groups in total. The Labute approximate surface area is 139 Å². The number of fused-ring (bicyclic) bond motifs is 1. The van der Waals surface area contributed by atoms with Gasteiger partial charge in [0.15, 0.2) is 0 Å². The van der Waals surface area contributed by atoms with Crippen LogP contribution in [0.5, 0.6) is 0 Å². The summed E-state index contributed by atoms with van der Waals surface area (Å²) in [6, 6.07) is 10.9. The zero-order valence-electron chi connectivity index (χ0n) is 12.8. The first-order valence-corrected chi connectivity index (χ1v) is 8.65. The standard InChI is InChI=1S/C16H15N3O4S/c1-10(20)17-12-3-2-4-13(9-12)19-24(22,23)14-5-6-15-11(7-14)8-16(21)18-15/h2-7,9,19H,8H2,1H3,(H,17,20)(H,18,21). The summed E-state index contributed by atoms with van der Waals surface area (Å²) in [5, 5.41) is 5.25. The third-order valence-electron chi connectivity index (χ3n) is 3.45. The maximum absolute atomic E-state index is 12.5. The summed E-state index contributed by atoms with van der Waals surface area (Å²) in [4.78, 5) is 22.5. The highest BCUT2D eigenvalue weighted by atomic mass is 32.2. The molecule has 1 aliphatic rings. The minimum Gasteiger partial charge on any atom is -0.326 e. The number of benzene rings is 2. The van der Waals surface area contributed by atoms with E-state index in [4.69, 9.17) is 0 Å². The topological polar surface area (TPSA) is 104 Å². The SMILES string of the molecule is CC(=O)Nc1cccc(NS(=O)(=O)c2ccc3c(c2)CC(=O)N3)c1. The Kier molecular flexibility index (Phi) is 3.98. The zero-order valence-corrected chi connectivity index (χ0v) is 13.6. The number of anilines is 3. The molecule has 7 nitrogen and oxygen atoms in total. The van der Waals surface area contributed by atoms with Gasteiger partial charge in [-0.3, -0.25) is 14.3 Å². The molecule has 0 spiro atoms. The van der Waals surface area contributed by atoms with Gasteiger partial charge in [-0.2, -0.15) is 0 Å². The fraction of sp³-hybridized carbons (Fsp3) is 0.125. The number of hydrogen-bond donors (Lipinski definition) is 3. The van der Waals surface area contributed by atoms with E-state index in [1.165, 1.54) is 25.1 Å². The van der Waals surface area contributed by atoms with Crippen molar-refractivity contribution in [2.24, 2.45) is 0 Å². The molecule has 3 rings (SSSR count). The number of amides is 2. The minimum atomic E-state index is -3.80. The van der Waals surface area contributed by atoms with Crippen LogP contribution in [-0.4, -0.2) is 20.2 Å². The quantitative estimate of drug-likeness (QED) is 0.787. The van der Waals surface area contributed by atoms with E-state index in [0.29, 0.717) is 22.6 Å². The summed E-state index contributed by atoms with van der Waals surface area (Å²) in [5.74, 6) is -0.402. The maximum atomic E-state index is 12.5. The predicted octanol–water partition coefficient (Wildman–Crippen LogP) is 1.94. The van der Waals surface area contributed by atoms with Crippen LogP contribution < -0.4 is 15.4 Å². The van der Waals surface area contributed by atoms with E-state index < -0.39 is 10.0 Å². The third kappa shape index (κ3) is 3.38. The molecule has 0 aromatic heterocycles. The van der Waals surface area contributed by atoms with Crippen molar-refractivity contribution in [1.82, 2.24) is 0 Å². The molecule has 0 unspecified atom stereocenters. The summed E-state index contributed by atoms with van der Waals surface area (Å²) in [5.41, 5.74) is 2.10. The average molecular weight is 345 g/mol. The van der Waals surface area contributed by atoms with Gasteiger partial charge in [0.1, 0.15) is 0 Å². The van der Waals surface area contributed by atoms with Gasteiger partial charge in [0.05, 0.1) is 17.0 Å². The first-order chi connectivity index (χ1) is 11.3. The highest BCUT2D eigenvalue weighted by Gasteiger charge is 2.22. The zero-order chi connectivity index (χ0) is 17.3. The largest absolute Gasteiger partial charge is 0.326 e. The van der Waals surface area contributed by atoms with E-state index in [-0.39, 0.29) is 23.1 Å². The Morgan fingerprint density at radius 2 is 1.88 bits per heavy atom.